The average molecular weight is 454 g/mol. The molecular formula is C24H22N8O2. The molecule has 5 rings (SSSR count). The van der Waals surface area contributed by atoms with Crippen molar-refractivity contribution < 1.29 is 9.63 Å². The van der Waals surface area contributed by atoms with E-state index in [-0.39, 0.29) is 18.1 Å². The van der Waals surface area contributed by atoms with Crippen LogP contribution in [0.2, 0.25) is 0 Å². The molecule has 0 amide bonds. The number of rotatable bonds is 7. The first-order valence-corrected chi connectivity index (χ1v) is 10.7. The second-order valence-electron chi connectivity index (χ2n) is 8.59. The Bertz CT molecular complexity index is 1410. The van der Waals surface area contributed by atoms with Gasteiger partial charge in [0, 0.05) is 24.2 Å². The molecule has 0 bridgehead atoms. The first-order valence-electron chi connectivity index (χ1n) is 10.7. The number of aliphatic hydroxyl groups is 1. The lowest BCUT2D eigenvalue weighted by atomic mass is 9.77. The molecule has 4 heterocycles. The van der Waals surface area contributed by atoms with Crippen molar-refractivity contribution in [3.63, 3.8) is 0 Å². The van der Waals surface area contributed by atoms with E-state index in [4.69, 9.17) is 15.2 Å². The van der Waals surface area contributed by atoms with E-state index in [2.05, 4.69) is 33.7 Å². The Kier molecular flexibility index (Phi) is 5.09. The van der Waals surface area contributed by atoms with Gasteiger partial charge in [-0.3, -0.25) is 9.67 Å². The molecule has 0 aliphatic heterocycles. The van der Waals surface area contributed by atoms with Crippen LogP contribution in [0.5, 0.6) is 0 Å². The minimum absolute atomic E-state index is 0.0109. The van der Waals surface area contributed by atoms with Crippen LogP contribution in [0.25, 0.3) is 22.7 Å². The number of allylic oxidation sites excluding steroid dienone is 1. The van der Waals surface area contributed by atoms with Crippen LogP contribution in [-0.4, -0.2) is 35.0 Å². The first kappa shape index (κ1) is 21.3. The molecule has 3 N–H and O–H groups in total. The first-order chi connectivity index (χ1) is 16.4. The number of nitrogens with zero attached hydrogens (tertiary/aromatic N) is 7. The van der Waals surface area contributed by atoms with Crippen molar-refractivity contribution >= 4 is 5.82 Å². The highest BCUT2D eigenvalue weighted by Gasteiger charge is 2.47. The zero-order valence-corrected chi connectivity index (χ0v) is 18.5. The van der Waals surface area contributed by atoms with Crippen molar-refractivity contribution in [1.82, 2.24) is 29.9 Å². The molecular weight excluding hydrogens is 432 g/mol. The molecule has 0 saturated heterocycles. The highest BCUT2D eigenvalue weighted by atomic mass is 16.5. The zero-order valence-electron chi connectivity index (χ0n) is 18.5. The molecule has 10 heteroatoms. The summed E-state index contributed by atoms with van der Waals surface area (Å²) in [5.41, 5.74) is 8.62. The van der Waals surface area contributed by atoms with E-state index in [1.807, 2.05) is 24.4 Å². The lowest BCUT2D eigenvalue weighted by molar-refractivity contribution is 0.370. The van der Waals surface area contributed by atoms with Gasteiger partial charge in [0.1, 0.15) is 17.6 Å². The zero-order chi connectivity index (χ0) is 23.9. The number of nitrogens with two attached hydrogens (primary N) is 1. The number of anilines is 1. The van der Waals surface area contributed by atoms with Gasteiger partial charge >= 0.3 is 0 Å². The summed E-state index contributed by atoms with van der Waals surface area (Å²) in [5, 5.41) is 27.1. The maximum absolute atomic E-state index is 9.39. The van der Waals surface area contributed by atoms with E-state index < -0.39 is 5.41 Å². The fraction of sp³-hybridized carbons (Fsp3) is 0.250. The topological polar surface area (TPSA) is 153 Å². The van der Waals surface area contributed by atoms with Crippen LogP contribution in [0, 0.1) is 17.2 Å². The molecule has 0 aromatic carbocycles. The second-order valence-corrected chi connectivity index (χ2v) is 8.59. The third kappa shape index (κ3) is 3.77. The highest BCUT2D eigenvalue weighted by molar-refractivity contribution is 5.64. The fourth-order valence-electron chi connectivity index (χ4n) is 4.08. The van der Waals surface area contributed by atoms with Crippen molar-refractivity contribution in [2.45, 2.75) is 31.7 Å². The summed E-state index contributed by atoms with van der Waals surface area (Å²) in [6.07, 6.45) is 8.88. The van der Waals surface area contributed by atoms with Crippen molar-refractivity contribution in [3.8, 4) is 28.8 Å². The molecule has 34 heavy (non-hydrogen) atoms. The summed E-state index contributed by atoms with van der Waals surface area (Å²) < 4.78 is 7.12. The van der Waals surface area contributed by atoms with Gasteiger partial charge in [-0.25, -0.2) is 4.98 Å². The molecule has 0 radical (unpaired) electrons. The normalized spacial score (nSPS) is 14.9. The van der Waals surface area contributed by atoms with E-state index >= 15 is 0 Å². The maximum atomic E-state index is 9.39. The third-order valence-corrected chi connectivity index (χ3v) is 6.21. The summed E-state index contributed by atoms with van der Waals surface area (Å²) >= 11 is 0. The Hall–Kier alpha value is -4.52. The van der Waals surface area contributed by atoms with Crippen molar-refractivity contribution in [3.05, 3.63) is 72.3 Å². The SMILES string of the molecule is C=C(O)Cn1cc(-c2nc([C@@](C)(c3ccc(-c4cnc(N)c(C#N)c4)nc3)C3CC3)no2)cn1. The fourth-order valence-corrected chi connectivity index (χ4v) is 4.08. The average Bonchev–Trinajstić information content (AvgIpc) is 3.40. The molecule has 1 saturated carbocycles. The molecule has 4 aromatic heterocycles. The maximum Gasteiger partial charge on any atom is 0.261 e. The summed E-state index contributed by atoms with van der Waals surface area (Å²) in [5.74, 6) is 1.52. The van der Waals surface area contributed by atoms with Gasteiger partial charge < -0.3 is 15.4 Å². The van der Waals surface area contributed by atoms with Gasteiger partial charge in [0.05, 0.1) is 35.0 Å². The van der Waals surface area contributed by atoms with Gasteiger partial charge in [0.15, 0.2) is 5.82 Å². The smallest absolute Gasteiger partial charge is 0.261 e. The predicted octanol–water partition coefficient (Wildman–Crippen LogP) is 3.63. The van der Waals surface area contributed by atoms with Crippen molar-refractivity contribution in [2.24, 2.45) is 5.92 Å². The Morgan fingerprint density at radius 3 is 2.79 bits per heavy atom. The summed E-state index contributed by atoms with van der Waals surface area (Å²) in [6, 6.07) is 7.63. The molecule has 4 aromatic rings. The standard InChI is InChI=1S/C24H22N8O2/c1-14(33)12-32-13-17(10-29-32)22-30-23(31-34-22)24(2,18-3-4-18)19-5-6-20(27-11-19)16-7-15(8-25)21(26)28-9-16/h5-7,9-11,13,18,33H,1,3-4,12H2,2H3,(H2,26,28)/t24-/m1/s1. The molecule has 1 fully saturated rings. The summed E-state index contributed by atoms with van der Waals surface area (Å²) in [7, 11) is 0. The summed E-state index contributed by atoms with van der Waals surface area (Å²) in [4.78, 5) is 13.4. The van der Waals surface area contributed by atoms with Crippen LogP contribution in [0.1, 0.15) is 36.7 Å². The molecule has 0 unspecified atom stereocenters. The Balaban J connectivity index is 1.45. The second kappa shape index (κ2) is 8.12. The molecule has 0 spiro atoms. The Morgan fingerprint density at radius 2 is 2.12 bits per heavy atom. The molecule has 1 atom stereocenters. The molecule has 170 valence electrons. The number of pyridine rings is 2. The van der Waals surface area contributed by atoms with Gasteiger partial charge in [-0.15, -0.1) is 0 Å². The lowest BCUT2D eigenvalue weighted by Crippen LogP contribution is -2.28. The highest BCUT2D eigenvalue weighted by Crippen LogP contribution is 2.50. The van der Waals surface area contributed by atoms with E-state index in [1.54, 1.807) is 29.3 Å². The van der Waals surface area contributed by atoms with E-state index in [9.17, 15) is 10.4 Å². The summed E-state index contributed by atoms with van der Waals surface area (Å²) in [6.45, 7) is 5.78. The number of nitrogen functional groups attached to an aromatic ring is 1. The van der Waals surface area contributed by atoms with Gasteiger partial charge in [-0.05, 0) is 43.4 Å². The third-order valence-electron chi connectivity index (χ3n) is 6.21. The van der Waals surface area contributed by atoms with Gasteiger partial charge in [0.25, 0.3) is 5.89 Å². The van der Waals surface area contributed by atoms with Crippen LogP contribution in [-0.2, 0) is 12.0 Å². The van der Waals surface area contributed by atoms with Crippen molar-refractivity contribution in [2.75, 3.05) is 5.73 Å². The minimum Gasteiger partial charge on any atom is -0.511 e. The monoisotopic (exact) mass is 454 g/mol. The van der Waals surface area contributed by atoms with Gasteiger partial charge in [-0.2, -0.15) is 15.3 Å². The lowest BCUT2D eigenvalue weighted by Gasteiger charge is -2.26. The number of aromatic nitrogens is 6. The predicted molar refractivity (Wildman–Crippen MR) is 123 cm³/mol. The van der Waals surface area contributed by atoms with Crippen LogP contribution < -0.4 is 5.73 Å². The quantitative estimate of drug-likeness (QED) is 0.398. The van der Waals surface area contributed by atoms with E-state index in [0.717, 1.165) is 24.0 Å². The molecule has 10 nitrogen and oxygen atoms in total. The van der Waals surface area contributed by atoms with E-state index in [0.29, 0.717) is 34.5 Å². The Labute approximate surface area is 195 Å². The van der Waals surface area contributed by atoms with E-state index in [1.165, 1.54) is 0 Å². The van der Waals surface area contributed by atoms with Crippen LogP contribution in [0.15, 0.2) is 59.8 Å². The van der Waals surface area contributed by atoms with Crippen LogP contribution >= 0.6 is 0 Å². The minimum atomic E-state index is -0.472. The number of aliphatic hydroxyl groups excluding tert-OH is 1. The van der Waals surface area contributed by atoms with Crippen LogP contribution in [0.4, 0.5) is 5.82 Å². The van der Waals surface area contributed by atoms with Crippen molar-refractivity contribution in [1.29, 1.82) is 5.26 Å². The Morgan fingerprint density at radius 1 is 1.29 bits per heavy atom. The number of hydrogen-bond acceptors (Lipinski definition) is 9. The van der Waals surface area contributed by atoms with Crippen LogP contribution in [0.3, 0.4) is 0 Å². The molecule has 1 aliphatic carbocycles. The number of nitriles is 1. The van der Waals surface area contributed by atoms with Gasteiger partial charge in [0.2, 0.25) is 0 Å². The number of hydrogen-bond donors (Lipinski definition) is 2. The van der Waals surface area contributed by atoms with Gasteiger partial charge in [-0.1, -0.05) is 17.8 Å². The largest absolute Gasteiger partial charge is 0.511 e. The molecule has 1 aliphatic rings.